The number of thioether (sulfide) groups is 1. The minimum atomic E-state index is -0.369. The molecule has 8 nitrogen and oxygen atoms in total. The molecule has 4 rings (SSSR count). The van der Waals surface area contributed by atoms with Gasteiger partial charge in [0.2, 0.25) is 17.7 Å². The van der Waals surface area contributed by atoms with Crippen LogP contribution in [0, 0.1) is 5.92 Å². The second kappa shape index (κ2) is 8.06. The number of rotatable bonds is 4. The van der Waals surface area contributed by atoms with Crippen molar-refractivity contribution in [2.75, 3.05) is 37.4 Å². The number of likely N-dealkylation sites (tertiary alicyclic amines) is 1. The summed E-state index contributed by atoms with van der Waals surface area (Å²) in [5, 5.41) is -0.184. The summed E-state index contributed by atoms with van der Waals surface area (Å²) in [7, 11) is 1.59. The molecule has 1 atom stereocenters. The van der Waals surface area contributed by atoms with Gasteiger partial charge in [-0.2, -0.15) is 0 Å². The van der Waals surface area contributed by atoms with Gasteiger partial charge in [0, 0.05) is 37.8 Å². The van der Waals surface area contributed by atoms with Gasteiger partial charge < -0.3 is 14.5 Å². The van der Waals surface area contributed by atoms with Crippen LogP contribution in [0.1, 0.15) is 19.3 Å². The summed E-state index contributed by atoms with van der Waals surface area (Å²) in [5.41, 5.74) is 0.758. The normalized spacial score (nSPS) is 23.3. The Morgan fingerprint density at radius 2 is 1.76 bits per heavy atom. The molecular weight excluding hydrogens is 394 g/mol. The summed E-state index contributed by atoms with van der Waals surface area (Å²) in [6.07, 6.45) is 1.38. The number of nitrogens with zero attached hydrogens (tertiary/aromatic N) is 3. The molecule has 1 aromatic rings. The lowest BCUT2D eigenvalue weighted by Crippen LogP contribution is -2.49. The Balaban J connectivity index is 1.35. The number of methoxy groups -OCH3 is 1. The fourth-order valence-corrected chi connectivity index (χ4v) is 4.98. The van der Waals surface area contributed by atoms with Crippen LogP contribution >= 0.6 is 11.8 Å². The quantitative estimate of drug-likeness (QED) is 0.742. The second-order valence-corrected chi connectivity index (χ2v) is 8.40. The highest BCUT2D eigenvalue weighted by atomic mass is 32.2. The third-order valence-corrected chi connectivity index (χ3v) is 6.62. The zero-order chi connectivity index (χ0) is 20.5. The summed E-state index contributed by atoms with van der Waals surface area (Å²) in [5.74, 6) is 0.330. The topological polar surface area (TPSA) is 87.2 Å². The van der Waals surface area contributed by atoms with E-state index >= 15 is 0 Å². The Kier molecular flexibility index (Phi) is 5.49. The van der Waals surface area contributed by atoms with Gasteiger partial charge in [-0.25, -0.2) is 0 Å². The van der Waals surface area contributed by atoms with Crippen LogP contribution < -0.4 is 9.64 Å². The first-order valence-corrected chi connectivity index (χ1v) is 10.7. The molecule has 3 aliphatic heterocycles. The van der Waals surface area contributed by atoms with Crippen molar-refractivity contribution < 1.29 is 23.9 Å². The fraction of sp³-hybridized carbons (Fsp3) is 0.500. The SMILES string of the molecule is COc1ccc(N2C[C@@H](C(=O)N3CCC(N4C(=O)CSC4=O)CC3)CC2=O)cc1. The molecule has 3 heterocycles. The van der Waals surface area contributed by atoms with Crippen molar-refractivity contribution in [2.45, 2.75) is 25.3 Å². The van der Waals surface area contributed by atoms with E-state index in [0.29, 0.717) is 38.2 Å². The standard InChI is InChI=1S/C20H23N3O5S/c1-28-16-4-2-14(3-5-16)22-11-13(10-17(22)24)19(26)21-8-6-15(7-9-21)23-18(25)12-29-20(23)27/h2-5,13,15H,6-12H2,1H3/t13-/m0/s1. The highest BCUT2D eigenvalue weighted by Gasteiger charge is 2.41. The van der Waals surface area contributed by atoms with Crippen molar-refractivity contribution in [2.24, 2.45) is 5.92 Å². The van der Waals surface area contributed by atoms with Gasteiger partial charge in [0.1, 0.15) is 5.75 Å². The fourth-order valence-electron chi connectivity index (χ4n) is 4.20. The van der Waals surface area contributed by atoms with E-state index in [0.717, 1.165) is 17.4 Å². The lowest BCUT2D eigenvalue weighted by atomic mass is 10.0. The van der Waals surface area contributed by atoms with Crippen LogP contribution in [0.25, 0.3) is 0 Å². The van der Waals surface area contributed by atoms with Crippen LogP contribution in [0.4, 0.5) is 10.5 Å². The third-order valence-electron chi connectivity index (χ3n) is 5.78. The van der Waals surface area contributed by atoms with Gasteiger partial charge in [-0.3, -0.25) is 24.1 Å². The molecule has 0 saturated carbocycles. The first-order chi connectivity index (χ1) is 14.0. The predicted octanol–water partition coefficient (Wildman–Crippen LogP) is 1.73. The maximum Gasteiger partial charge on any atom is 0.289 e. The van der Waals surface area contributed by atoms with Gasteiger partial charge in [-0.15, -0.1) is 0 Å². The molecule has 0 radical (unpaired) electrons. The Labute approximate surface area is 173 Å². The van der Waals surface area contributed by atoms with Gasteiger partial charge in [0.15, 0.2) is 0 Å². The maximum atomic E-state index is 13.0. The molecule has 154 valence electrons. The van der Waals surface area contributed by atoms with Crippen molar-refractivity contribution in [1.29, 1.82) is 0 Å². The molecule has 3 fully saturated rings. The van der Waals surface area contributed by atoms with Gasteiger partial charge in [0.25, 0.3) is 5.24 Å². The Hall–Kier alpha value is -2.55. The van der Waals surface area contributed by atoms with E-state index in [4.69, 9.17) is 4.74 Å². The minimum Gasteiger partial charge on any atom is -0.497 e. The van der Waals surface area contributed by atoms with Gasteiger partial charge >= 0.3 is 0 Å². The Bertz CT molecular complexity index is 819. The molecule has 0 spiro atoms. The molecule has 4 amide bonds. The number of imide groups is 1. The van der Waals surface area contributed by atoms with E-state index in [1.165, 1.54) is 4.90 Å². The maximum absolute atomic E-state index is 13.0. The lowest BCUT2D eigenvalue weighted by Gasteiger charge is -2.36. The summed E-state index contributed by atoms with van der Waals surface area (Å²) < 4.78 is 5.15. The summed E-state index contributed by atoms with van der Waals surface area (Å²) in [6, 6.07) is 7.09. The lowest BCUT2D eigenvalue weighted by molar-refractivity contribution is -0.137. The average molecular weight is 417 g/mol. The zero-order valence-corrected chi connectivity index (χ0v) is 17.0. The number of benzene rings is 1. The summed E-state index contributed by atoms with van der Waals surface area (Å²) in [4.78, 5) is 54.0. The van der Waals surface area contributed by atoms with E-state index in [2.05, 4.69) is 0 Å². The monoisotopic (exact) mass is 417 g/mol. The third kappa shape index (κ3) is 3.83. The first-order valence-electron chi connectivity index (χ1n) is 9.70. The number of carbonyl (C=O) groups is 4. The van der Waals surface area contributed by atoms with E-state index < -0.39 is 0 Å². The van der Waals surface area contributed by atoms with Crippen LogP contribution in [-0.2, 0) is 14.4 Å². The molecule has 1 aromatic carbocycles. The van der Waals surface area contributed by atoms with Crippen molar-refractivity contribution in [3.05, 3.63) is 24.3 Å². The molecule has 0 unspecified atom stereocenters. The van der Waals surface area contributed by atoms with E-state index in [1.807, 2.05) is 12.1 Å². The Morgan fingerprint density at radius 3 is 2.34 bits per heavy atom. The smallest absolute Gasteiger partial charge is 0.289 e. The van der Waals surface area contributed by atoms with E-state index in [1.54, 1.807) is 29.0 Å². The van der Waals surface area contributed by atoms with Crippen LogP contribution in [0.3, 0.4) is 0 Å². The van der Waals surface area contributed by atoms with Crippen LogP contribution in [0.2, 0.25) is 0 Å². The molecule has 0 aliphatic carbocycles. The molecular formula is C20H23N3O5S. The molecule has 3 saturated heterocycles. The van der Waals surface area contributed by atoms with Crippen LogP contribution in [-0.4, -0.2) is 71.3 Å². The summed E-state index contributed by atoms with van der Waals surface area (Å²) in [6.45, 7) is 1.36. The highest BCUT2D eigenvalue weighted by Crippen LogP contribution is 2.30. The predicted molar refractivity (Wildman–Crippen MR) is 108 cm³/mol. The van der Waals surface area contributed by atoms with Crippen LogP contribution in [0.5, 0.6) is 5.75 Å². The highest BCUT2D eigenvalue weighted by molar-refractivity contribution is 8.14. The molecule has 0 aromatic heterocycles. The van der Waals surface area contributed by atoms with Crippen molar-refractivity contribution >= 4 is 40.4 Å². The number of anilines is 1. The van der Waals surface area contributed by atoms with Crippen LogP contribution in [0.15, 0.2) is 24.3 Å². The van der Waals surface area contributed by atoms with E-state index in [-0.39, 0.29) is 47.1 Å². The molecule has 9 heteroatoms. The first kappa shape index (κ1) is 19.8. The van der Waals surface area contributed by atoms with E-state index in [9.17, 15) is 19.2 Å². The number of carbonyl (C=O) groups excluding carboxylic acids is 4. The molecule has 0 N–H and O–H groups in total. The van der Waals surface area contributed by atoms with Gasteiger partial charge in [-0.1, -0.05) is 11.8 Å². The molecule has 3 aliphatic rings. The van der Waals surface area contributed by atoms with Crippen molar-refractivity contribution in [3.63, 3.8) is 0 Å². The number of hydrogen-bond acceptors (Lipinski definition) is 6. The van der Waals surface area contributed by atoms with Gasteiger partial charge in [-0.05, 0) is 37.1 Å². The Morgan fingerprint density at radius 1 is 1.07 bits per heavy atom. The largest absolute Gasteiger partial charge is 0.497 e. The molecule has 29 heavy (non-hydrogen) atoms. The minimum absolute atomic E-state index is 0.0266. The second-order valence-electron chi connectivity index (χ2n) is 7.48. The number of amides is 4. The average Bonchev–Trinajstić information content (AvgIpc) is 3.29. The van der Waals surface area contributed by atoms with Crippen molar-refractivity contribution in [1.82, 2.24) is 9.80 Å². The summed E-state index contributed by atoms with van der Waals surface area (Å²) >= 11 is 1.04. The number of piperidine rings is 1. The number of ether oxygens (including phenoxy) is 1. The number of hydrogen-bond donors (Lipinski definition) is 0. The molecule has 0 bridgehead atoms. The zero-order valence-electron chi connectivity index (χ0n) is 16.2. The van der Waals surface area contributed by atoms with Crippen molar-refractivity contribution in [3.8, 4) is 5.75 Å². The van der Waals surface area contributed by atoms with Gasteiger partial charge in [0.05, 0.1) is 18.8 Å².